The minimum absolute atomic E-state index is 0.722. The Bertz CT molecular complexity index is 311. The maximum Gasteiger partial charge on any atom is 0.0470 e. The third-order valence-electron chi connectivity index (χ3n) is 3.67. The first-order valence-corrected chi connectivity index (χ1v) is 7.31. The number of thiophene rings is 1. The van der Waals surface area contributed by atoms with Gasteiger partial charge in [-0.15, -0.1) is 11.3 Å². The number of nitrogens with one attached hydrogen (secondary N) is 1. The molecule has 3 rings (SSSR count). The first kappa shape index (κ1) is 10.8. The van der Waals surface area contributed by atoms with Crippen LogP contribution in [0.1, 0.15) is 30.2 Å². The second-order valence-electron chi connectivity index (χ2n) is 4.94. The molecule has 1 aromatic heterocycles. The summed E-state index contributed by atoms with van der Waals surface area (Å²) < 4.78 is 0. The fraction of sp³-hybridized carbons (Fsp3) is 0.692. The molecule has 1 saturated heterocycles. The van der Waals surface area contributed by atoms with Gasteiger partial charge >= 0.3 is 0 Å². The maximum absolute atomic E-state index is 3.50. The third kappa shape index (κ3) is 2.31. The fourth-order valence-electron chi connectivity index (χ4n) is 2.73. The second-order valence-corrected chi connectivity index (χ2v) is 5.92. The number of hydrogen-bond acceptors (Lipinski definition) is 3. The first-order valence-electron chi connectivity index (χ1n) is 6.43. The molecule has 1 N–H and O–H groups in total. The Morgan fingerprint density at radius 3 is 3.00 bits per heavy atom. The molecule has 1 unspecified atom stereocenters. The summed E-state index contributed by atoms with van der Waals surface area (Å²) in [7, 11) is 0. The van der Waals surface area contributed by atoms with Crippen LogP contribution in [-0.4, -0.2) is 31.1 Å². The van der Waals surface area contributed by atoms with Crippen molar-refractivity contribution >= 4 is 11.3 Å². The molecule has 16 heavy (non-hydrogen) atoms. The molecule has 1 aromatic rings. The summed E-state index contributed by atoms with van der Waals surface area (Å²) in [5.41, 5.74) is 0. The van der Waals surface area contributed by atoms with E-state index in [1.807, 2.05) is 11.3 Å². The monoisotopic (exact) mass is 236 g/mol. The lowest BCUT2D eigenvalue weighted by atomic mass is 10.1. The number of rotatable bonds is 3. The third-order valence-corrected chi connectivity index (χ3v) is 4.61. The molecule has 1 saturated carbocycles. The first-order chi connectivity index (χ1) is 7.95. The fourth-order valence-corrected chi connectivity index (χ4v) is 3.68. The molecule has 0 amide bonds. The second kappa shape index (κ2) is 4.86. The molecule has 2 fully saturated rings. The number of hydrogen-bond donors (Lipinski definition) is 1. The summed E-state index contributed by atoms with van der Waals surface area (Å²) in [5.74, 6) is 0.941. The van der Waals surface area contributed by atoms with Crippen LogP contribution in [0.2, 0.25) is 0 Å². The lowest BCUT2D eigenvalue weighted by molar-refractivity contribution is 0.192. The van der Waals surface area contributed by atoms with Gasteiger partial charge in [-0.25, -0.2) is 0 Å². The molecule has 0 radical (unpaired) electrons. The van der Waals surface area contributed by atoms with Crippen LogP contribution in [0, 0.1) is 5.92 Å². The Balaban J connectivity index is 1.76. The molecule has 1 aliphatic heterocycles. The van der Waals surface area contributed by atoms with Crippen molar-refractivity contribution in [2.45, 2.75) is 25.3 Å². The van der Waals surface area contributed by atoms with Gasteiger partial charge in [-0.05, 0) is 43.2 Å². The zero-order chi connectivity index (χ0) is 10.8. The van der Waals surface area contributed by atoms with Gasteiger partial charge in [0.1, 0.15) is 0 Å². The molecule has 88 valence electrons. The highest BCUT2D eigenvalue weighted by Gasteiger charge is 2.36. The summed E-state index contributed by atoms with van der Waals surface area (Å²) in [6.07, 6.45) is 4.17. The van der Waals surface area contributed by atoms with Crippen LogP contribution in [0.15, 0.2) is 17.5 Å². The Morgan fingerprint density at radius 2 is 2.25 bits per heavy atom. The van der Waals surface area contributed by atoms with E-state index >= 15 is 0 Å². The van der Waals surface area contributed by atoms with Crippen molar-refractivity contribution in [3.63, 3.8) is 0 Å². The predicted molar refractivity (Wildman–Crippen MR) is 68.8 cm³/mol. The van der Waals surface area contributed by atoms with Crippen molar-refractivity contribution < 1.29 is 0 Å². The van der Waals surface area contributed by atoms with Gasteiger partial charge < -0.3 is 5.32 Å². The van der Waals surface area contributed by atoms with Crippen LogP contribution in [0.3, 0.4) is 0 Å². The normalized spacial score (nSPS) is 25.2. The summed E-state index contributed by atoms with van der Waals surface area (Å²) in [6.45, 7) is 4.85. The summed E-state index contributed by atoms with van der Waals surface area (Å²) >= 11 is 1.94. The van der Waals surface area contributed by atoms with E-state index in [4.69, 9.17) is 0 Å². The highest BCUT2D eigenvalue weighted by Crippen LogP contribution is 2.45. The quantitative estimate of drug-likeness (QED) is 0.867. The standard InChI is InChI=1S/C13H20N2S/c1-3-12(16-10-1)13(11-4-5-11)15-8-2-6-14-7-9-15/h1,3,10-11,13-14H,2,4-9H2. The van der Waals surface area contributed by atoms with E-state index in [2.05, 4.69) is 27.7 Å². The van der Waals surface area contributed by atoms with E-state index in [0.717, 1.165) is 18.5 Å². The van der Waals surface area contributed by atoms with Gasteiger partial charge in [0, 0.05) is 30.6 Å². The molecule has 2 heterocycles. The van der Waals surface area contributed by atoms with Crippen molar-refractivity contribution in [2.24, 2.45) is 5.92 Å². The van der Waals surface area contributed by atoms with Crippen molar-refractivity contribution in [3.8, 4) is 0 Å². The van der Waals surface area contributed by atoms with Crippen LogP contribution >= 0.6 is 11.3 Å². The average Bonchev–Trinajstić information content (AvgIpc) is 3.04. The average molecular weight is 236 g/mol. The number of nitrogens with zero attached hydrogens (tertiary/aromatic N) is 1. The van der Waals surface area contributed by atoms with E-state index in [1.54, 1.807) is 4.88 Å². The summed E-state index contributed by atoms with van der Waals surface area (Å²) in [4.78, 5) is 4.30. The maximum atomic E-state index is 3.50. The van der Waals surface area contributed by atoms with Gasteiger partial charge in [0.05, 0.1) is 0 Å². The van der Waals surface area contributed by atoms with E-state index in [-0.39, 0.29) is 0 Å². The highest BCUT2D eigenvalue weighted by molar-refractivity contribution is 7.10. The van der Waals surface area contributed by atoms with Crippen molar-refractivity contribution in [2.75, 3.05) is 26.2 Å². The molecule has 1 atom stereocenters. The zero-order valence-corrected chi connectivity index (χ0v) is 10.5. The van der Waals surface area contributed by atoms with Crippen molar-refractivity contribution in [1.29, 1.82) is 0 Å². The van der Waals surface area contributed by atoms with Crippen molar-refractivity contribution in [3.05, 3.63) is 22.4 Å². The smallest absolute Gasteiger partial charge is 0.0470 e. The Labute approximate surface area is 102 Å². The van der Waals surface area contributed by atoms with E-state index in [1.165, 1.54) is 38.9 Å². The van der Waals surface area contributed by atoms with Gasteiger partial charge in [0.2, 0.25) is 0 Å². The Kier molecular flexibility index (Phi) is 3.27. The Hall–Kier alpha value is -0.380. The van der Waals surface area contributed by atoms with Gasteiger partial charge in [0.15, 0.2) is 0 Å². The van der Waals surface area contributed by atoms with Crippen molar-refractivity contribution in [1.82, 2.24) is 10.2 Å². The molecule has 3 heteroatoms. The van der Waals surface area contributed by atoms with Gasteiger partial charge in [0.25, 0.3) is 0 Å². The summed E-state index contributed by atoms with van der Waals surface area (Å²) in [5, 5.41) is 5.72. The van der Waals surface area contributed by atoms with Crippen LogP contribution in [-0.2, 0) is 0 Å². The summed E-state index contributed by atoms with van der Waals surface area (Å²) in [6, 6.07) is 5.25. The molecule has 2 nitrogen and oxygen atoms in total. The predicted octanol–water partition coefficient (Wildman–Crippen LogP) is 2.49. The SMILES string of the molecule is c1csc(C(C2CC2)N2CCCNCC2)c1. The molecule has 1 aliphatic carbocycles. The van der Waals surface area contributed by atoms with Crippen LogP contribution < -0.4 is 5.32 Å². The Morgan fingerprint density at radius 1 is 1.31 bits per heavy atom. The lowest BCUT2D eigenvalue weighted by Gasteiger charge is -2.29. The minimum Gasteiger partial charge on any atom is -0.315 e. The van der Waals surface area contributed by atoms with Gasteiger partial charge in [-0.1, -0.05) is 6.07 Å². The van der Waals surface area contributed by atoms with E-state index < -0.39 is 0 Å². The van der Waals surface area contributed by atoms with Gasteiger partial charge in [-0.2, -0.15) is 0 Å². The molecular formula is C13H20N2S. The molecule has 2 aliphatic rings. The highest BCUT2D eigenvalue weighted by atomic mass is 32.1. The topological polar surface area (TPSA) is 15.3 Å². The van der Waals surface area contributed by atoms with E-state index in [9.17, 15) is 0 Å². The van der Waals surface area contributed by atoms with E-state index in [0.29, 0.717) is 0 Å². The lowest BCUT2D eigenvalue weighted by Crippen LogP contribution is -2.33. The molecule has 0 aromatic carbocycles. The van der Waals surface area contributed by atoms with Crippen LogP contribution in [0.5, 0.6) is 0 Å². The molecule has 0 bridgehead atoms. The largest absolute Gasteiger partial charge is 0.315 e. The van der Waals surface area contributed by atoms with Crippen LogP contribution in [0.25, 0.3) is 0 Å². The molecule has 0 spiro atoms. The van der Waals surface area contributed by atoms with Crippen LogP contribution in [0.4, 0.5) is 0 Å². The zero-order valence-electron chi connectivity index (χ0n) is 9.69. The van der Waals surface area contributed by atoms with Gasteiger partial charge in [-0.3, -0.25) is 4.90 Å². The minimum atomic E-state index is 0.722. The molecular weight excluding hydrogens is 216 g/mol.